The van der Waals surface area contributed by atoms with Crippen LogP contribution in [0, 0.1) is 13.8 Å². The van der Waals surface area contributed by atoms with Gasteiger partial charge in [0.25, 0.3) is 11.8 Å². The number of ether oxygens (including phenoxy) is 1. The van der Waals surface area contributed by atoms with Gasteiger partial charge >= 0.3 is 0 Å². The summed E-state index contributed by atoms with van der Waals surface area (Å²) in [6.07, 6.45) is 0. The number of carbonyl (C=O) groups is 2. The summed E-state index contributed by atoms with van der Waals surface area (Å²) in [5.74, 6) is 0.0943. The van der Waals surface area contributed by atoms with E-state index in [1.54, 1.807) is 55.6 Å². The van der Waals surface area contributed by atoms with Crippen molar-refractivity contribution in [2.24, 2.45) is 0 Å². The van der Waals surface area contributed by atoms with E-state index >= 15 is 0 Å². The predicted octanol–water partition coefficient (Wildman–Crippen LogP) is 4.82. The summed E-state index contributed by atoms with van der Waals surface area (Å²) in [5, 5.41) is 5.71. The first-order valence-corrected chi connectivity index (χ1v) is 8.90. The molecule has 0 aliphatic rings. The minimum absolute atomic E-state index is 0.261. The molecular formula is C23H22N2O3. The molecule has 0 fully saturated rings. The van der Waals surface area contributed by atoms with Gasteiger partial charge in [-0.3, -0.25) is 9.59 Å². The standard InChI is InChI=1S/C23H22N2O3/c1-15-10-11-21(16(2)12-15)25-23(27)18-7-4-6-17(13-18)22(26)24-19-8-5-9-20(14-19)28-3/h4-14H,1-3H3,(H,24,26)(H,25,27). The molecule has 28 heavy (non-hydrogen) atoms. The second-order valence-corrected chi connectivity index (χ2v) is 6.54. The van der Waals surface area contributed by atoms with Gasteiger partial charge in [-0.15, -0.1) is 0 Å². The van der Waals surface area contributed by atoms with E-state index in [-0.39, 0.29) is 11.8 Å². The van der Waals surface area contributed by atoms with Gasteiger partial charge < -0.3 is 15.4 Å². The Hall–Kier alpha value is -3.60. The molecule has 0 heterocycles. The van der Waals surface area contributed by atoms with Gasteiger partial charge in [0, 0.05) is 28.6 Å². The zero-order valence-corrected chi connectivity index (χ0v) is 16.1. The summed E-state index contributed by atoms with van der Waals surface area (Å²) in [7, 11) is 1.57. The molecule has 3 aromatic rings. The first-order chi connectivity index (χ1) is 13.5. The third-order valence-electron chi connectivity index (χ3n) is 4.34. The molecule has 2 N–H and O–H groups in total. The molecule has 0 aliphatic heterocycles. The van der Waals surface area contributed by atoms with Gasteiger partial charge in [-0.25, -0.2) is 0 Å². The van der Waals surface area contributed by atoms with Crippen molar-refractivity contribution < 1.29 is 14.3 Å². The fraction of sp³-hybridized carbons (Fsp3) is 0.130. The monoisotopic (exact) mass is 374 g/mol. The van der Waals surface area contributed by atoms with Crippen LogP contribution < -0.4 is 15.4 Å². The van der Waals surface area contributed by atoms with E-state index in [2.05, 4.69) is 10.6 Å². The Labute approximate surface area is 164 Å². The van der Waals surface area contributed by atoms with E-state index in [9.17, 15) is 9.59 Å². The number of rotatable bonds is 5. The van der Waals surface area contributed by atoms with Crippen LogP contribution in [-0.4, -0.2) is 18.9 Å². The molecule has 0 saturated heterocycles. The summed E-state index contributed by atoms with van der Waals surface area (Å²) < 4.78 is 5.16. The molecule has 0 unspecified atom stereocenters. The average Bonchev–Trinajstić information content (AvgIpc) is 2.70. The Balaban J connectivity index is 1.75. The largest absolute Gasteiger partial charge is 0.497 e. The minimum atomic E-state index is -0.297. The maximum Gasteiger partial charge on any atom is 0.255 e. The Morgan fingerprint density at radius 3 is 2.14 bits per heavy atom. The Morgan fingerprint density at radius 1 is 0.786 bits per heavy atom. The van der Waals surface area contributed by atoms with Gasteiger partial charge in [-0.2, -0.15) is 0 Å². The maximum absolute atomic E-state index is 12.6. The highest BCUT2D eigenvalue weighted by molar-refractivity contribution is 6.09. The fourth-order valence-corrected chi connectivity index (χ4v) is 2.85. The lowest BCUT2D eigenvalue weighted by molar-refractivity contribution is 0.102. The van der Waals surface area contributed by atoms with Crippen molar-refractivity contribution >= 4 is 23.2 Å². The Bertz CT molecular complexity index is 1030. The number of hydrogen-bond acceptors (Lipinski definition) is 3. The topological polar surface area (TPSA) is 67.4 Å². The van der Waals surface area contributed by atoms with Gasteiger partial charge in [-0.05, 0) is 55.8 Å². The first kappa shape index (κ1) is 19.2. The van der Waals surface area contributed by atoms with Crippen molar-refractivity contribution in [1.82, 2.24) is 0 Å². The lowest BCUT2D eigenvalue weighted by atomic mass is 10.1. The van der Waals surface area contributed by atoms with E-state index in [0.717, 1.165) is 16.8 Å². The number of benzene rings is 3. The molecular weight excluding hydrogens is 352 g/mol. The second kappa shape index (κ2) is 8.39. The van der Waals surface area contributed by atoms with E-state index in [0.29, 0.717) is 22.6 Å². The third-order valence-corrected chi connectivity index (χ3v) is 4.34. The number of nitrogens with one attached hydrogen (secondary N) is 2. The first-order valence-electron chi connectivity index (χ1n) is 8.90. The summed E-state index contributed by atoms with van der Waals surface area (Å²) in [5.41, 5.74) is 4.30. The van der Waals surface area contributed by atoms with Crippen LogP contribution in [-0.2, 0) is 0 Å². The number of anilines is 2. The van der Waals surface area contributed by atoms with E-state index in [4.69, 9.17) is 4.74 Å². The number of methoxy groups -OCH3 is 1. The summed E-state index contributed by atoms with van der Waals surface area (Å²) in [6.45, 7) is 3.95. The highest BCUT2D eigenvalue weighted by Crippen LogP contribution is 2.19. The van der Waals surface area contributed by atoms with Crippen LogP contribution in [0.15, 0.2) is 66.7 Å². The van der Waals surface area contributed by atoms with Crippen LogP contribution in [0.2, 0.25) is 0 Å². The maximum atomic E-state index is 12.6. The van der Waals surface area contributed by atoms with Gasteiger partial charge in [0.05, 0.1) is 7.11 Å². The van der Waals surface area contributed by atoms with Gasteiger partial charge in [0.2, 0.25) is 0 Å². The van der Waals surface area contributed by atoms with Crippen LogP contribution in [0.3, 0.4) is 0 Å². The molecule has 0 saturated carbocycles. The molecule has 0 radical (unpaired) electrons. The molecule has 0 bridgehead atoms. The molecule has 5 heteroatoms. The van der Waals surface area contributed by atoms with Crippen LogP contribution in [0.5, 0.6) is 5.75 Å². The third kappa shape index (κ3) is 4.57. The Morgan fingerprint density at radius 2 is 1.46 bits per heavy atom. The fourth-order valence-electron chi connectivity index (χ4n) is 2.85. The number of hydrogen-bond donors (Lipinski definition) is 2. The lowest BCUT2D eigenvalue weighted by Crippen LogP contribution is -2.16. The van der Waals surface area contributed by atoms with Crippen molar-refractivity contribution in [2.45, 2.75) is 13.8 Å². The molecule has 0 aromatic heterocycles. The van der Waals surface area contributed by atoms with Gasteiger partial charge in [0.15, 0.2) is 0 Å². The molecule has 5 nitrogen and oxygen atoms in total. The molecule has 142 valence electrons. The normalized spacial score (nSPS) is 10.2. The second-order valence-electron chi connectivity index (χ2n) is 6.54. The van der Waals surface area contributed by atoms with Gasteiger partial charge in [0.1, 0.15) is 5.75 Å². The van der Waals surface area contributed by atoms with E-state index < -0.39 is 0 Å². The van der Waals surface area contributed by atoms with Crippen molar-refractivity contribution in [3.63, 3.8) is 0 Å². The summed E-state index contributed by atoms with van der Waals surface area (Å²) in [6, 6.07) is 19.5. The Kier molecular flexibility index (Phi) is 5.75. The SMILES string of the molecule is COc1cccc(NC(=O)c2cccc(C(=O)Nc3ccc(C)cc3C)c2)c1. The van der Waals surface area contributed by atoms with Crippen LogP contribution >= 0.6 is 0 Å². The molecule has 0 atom stereocenters. The van der Waals surface area contributed by atoms with Crippen LogP contribution in [0.25, 0.3) is 0 Å². The molecule has 2 amide bonds. The van der Waals surface area contributed by atoms with Crippen LogP contribution in [0.4, 0.5) is 11.4 Å². The molecule has 3 rings (SSSR count). The number of carbonyl (C=O) groups excluding carboxylic acids is 2. The number of aryl methyl sites for hydroxylation is 2. The zero-order chi connectivity index (χ0) is 20.1. The van der Waals surface area contributed by atoms with Crippen molar-refractivity contribution in [2.75, 3.05) is 17.7 Å². The molecule has 3 aromatic carbocycles. The molecule has 0 aliphatic carbocycles. The summed E-state index contributed by atoms with van der Waals surface area (Å²) >= 11 is 0. The average molecular weight is 374 g/mol. The predicted molar refractivity (Wildman–Crippen MR) is 111 cm³/mol. The van der Waals surface area contributed by atoms with Crippen molar-refractivity contribution in [3.8, 4) is 5.75 Å². The molecule has 0 spiro atoms. The van der Waals surface area contributed by atoms with Crippen LogP contribution in [0.1, 0.15) is 31.8 Å². The lowest BCUT2D eigenvalue weighted by Gasteiger charge is -2.11. The highest BCUT2D eigenvalue weighted by atomic mass is 16.5. The number of amides is 2. The van der Waals surface area contributed by atoms with Crippen molar-refractivity contribution in [3.05, 3.63) is 89.0 Å². The zero-order valence-electron chi connectivity index (χ0n) is 16.1. The quantitative estimate of drug-likeness (QED) is 0.673. The van der Waals surface area contributed by atoms with E-state index in [1.807, 2.05) is 32.0 Å². The minimum Gasteiger partial charge on any atom is -0.497 e. The smallest absolute Gasteiger partial charge is 0.255 e. The van der Waals surface area contributed by atoms with Gasteiger partial charge in [-0.1, -0.05) is 29.8 Å². The highest BCUT2D eigenvalue weighted by Gasteiger charge is 2.12. The van der Waals surface area contributed by atoms with Crippen molar-refractivity contribution in [1.29, 1.82) is 0 Å². The summed E-state index contributed by atoms with van der Waals surface area (Å²) in [4.78, 5) is 25.2. The van der Waals surface area contributed by atoms with E-state index in [1.165, 1.54) is 0 Å².